The summed E-state index contributed by atoms with van der Waals surface area (Å²) in [6, 6.07) is -2.27. The summed E-state index contributed by atoms with van der Waals surface area (Å²) in [5.74, 6) is -9.13. The van der Waals surface area contributed by atoms with E-state index in [2.05, 4.69) is 10.5 Å². The van der Waals surface area contributed by atoms with Crippen LogP contribution in [0.15, 0.2) is 12.1 Å². The first-order chi connectivity index (χ1) is 8.52. The van der Waals surface area contributed by atoms with Crippen LogP contribution in [-0.4, -0.2) is 19.2 Å². The highest BCUT2D eigenvalue weighted by molar-refractivity contribution is 5.33. The molecule has 1 rings (SSSR count). The van der Waals surface area contributed by atoms with E-state index >= 15 is 0 Å². The van der Waals surface area contributed by atoms with Gasteiger partial charge in [0.2, 0.25) is 0 Å². The van der Waals surface area contributed by atoms with Crippen molar-refractivity contribution in [3.8, 4) is 5.75 Å². The second-order valence-electron chi connectivity index (χ2n) is 3.60. The van der Waals surface area contributed by atoms with Crippen LogP contribution in [0.3, 0.4) is 0 Å². The molecular formula is C10H8F7NO. The Morgan fingerprint density at radius 1 is 1.05 bits per heavy atom. The molecule has 0 radical (unpaired) electrons. The molecule has 0 aliphatic heterocycles. The van der Waals surface area contributed by atoms with Gasteiger partial charge in [0.05, 0.1) is 7.11 Å². The van der Waals surface area contributed by atoms with Crippen LogP contribution in [-0.2, 0) is 0 Å². The van der Waals surface area contributed by atoms with Gasteiger partial charge in [0.1, 0.15) is 23.4 Å². The van der Waals surface area contributed by atoms with Crippen molar-refractivity contribution < 1.29 is 35.5 Å². The number of hydrogen-bond acceptors (Lipinski definition) is 2. The fourth-order valence-electron chi connectivity index (χ4n) is 1.33. The smallest absolute Gasteiger partial charge is 0.455 e. The third kappa shape index (κ3) is 2.75. The monoisotopic (exact) mass is 291 g/mol. The Hall–Kier alpha value is -1.51. The fraction of sp³-hybridized carbons (Fsp3) is 0.400. The summed E-state index contributed by atoms with van der Waals surface area (Å²) < 4.78 is 93.3. The summed E-state index contributed by atoms with van der Waals surface area (Å²) in [4.78, 5) is 0. The Balaban J connectivity index is 3.32. The van der Waals surface area contributed by atoms with E-state index in [1.54, 1.807) is 0 Å². The van der Waals surface area contributed by atoms with E-state index in [0.29, 0.717) is 12.1 Å². The second-order valence-corrected chi connectivity index (χ2v) is 3.60. The first-order valence-corrected chi connectivity index (χ1v) is 4.75. The average Bonchev–Trinajstić information content (AvgIpc) is 2.25. The molecule has 1 atom stereocenters. The second kappa shape index (κ2) is 4.87. The molecule has 0 bridgehead atoms. The van der Waals surface area contributed by atoms with Crippen molar-refractivity contribution in [3.63, 3.8) is 0 Å². The molecule has 2 nitrogen and oxygen atoms in total. The number of halogens is 7. The first kappa shape index (κ1) is 15.5. The van der Waals surface area contributed by atoms with Gasteiger partial charge in [-0.05, 0) is 0 Å². The maximum Gasteiger partial charge on any atom is 0.455 e. The van der Waals surface area contributed by atoms with Crippen molar-refractivity contribution in [3.05, 3.63) is 29.3 Å². The molecule has 0 amide bonds. The molecule has 0 aliphatic carbocycles. The minimum atomic E-state index is -6.02. The van der Waals surface area contributed by atoms with Crippen LogP contribution in [0.4, 0.5) is 30.7 Å². The van der Waals surface area contributed by atoms with Crippen molar-refractivity contribution in [2.75, 3.05) is 7.11 Å². The molecule has 19 heavy (non-hydrogen) atoms. The highest BCUT2D eigenvalue weighted by Gasteiger charge is 2.62. The molecule has 1 aromatic rings. The van der Waals surface area contributed by atoms with E-state index in [4.69, 9.17) is 0 Å². The van der Waals surface area contributed by atoms with E-state index < -0.39 is 35.3 Å². The quantitative estimate of drug-likeness (QED) is 0.868. The van der Waals surface area contributed by atoms with E-state index in [0.717, 1.165) is 7.11 Å². The molecule has 0 spiro atoms. The Kier molecular flexibility index (Phi) is 3.99. The standard InChI is InChI=1S/C10H8F7NO/c1-19-4-2-5(11)7(6(12)3-4)8(18)9(13,14)10(15,16)17/h2-3,8H,18H2,1H3. The van der Waals surface area contributed by atoms with Crippen LogP contribution in [0.2, 0.25) is 0 Å². The molecule has 0 saturated carbocycles. The molecule has 1 aromatic carbocycles. The molecule has 0 heterocycles. The predicted molar refractivity (Wildman–Crippen MR) is 50.8 cm³/mol. The SMILES string of the molecule is COc1cc(F)c(C(N)C(F)(F)C(F)(F)F)c(F)c1. The number of alkyl halides is 5. The van der Waals surface area contributed by atoms with Gasteiger partial charge in [-0.1, -0.05) is 0 Å². The molecule has 1 unspecified atom stereocenters. The van der Waals surface area contributed by atoms with Crippen LogP contribution in [0.25, 0.3) is 0 Å². The van der Waals surface area contributed by atoms with Crippen LogP contribution >= 0.6 is 0 Å². The van der Waals surface area contributed by atoms with Crippen molar-refractivity contribution in [2.24, 2.45) is 5.73 Å². The van der Waals surface area contributed by atoms with Gasteiger partial charge in [0, 0.05) is 17.7 Å². The topological polar surface area (TPSA) is 35.2 Å². The lowest BCUT2D eigenvalue weighted by atomic mass is 9.99. The zero-order valence-electron chi connectivity index (χ0n) is 9.36. The fourth-order valence-corrected chi connectivity index (χ4v) is 1.33. The third-order valence-electron chi connectivity index (χ3n) is 2.37. The summed E-state index contributed by atoms with van der Waals surface area (Å²) in [5.41, 5.74) is 3.11. The van der Waals surface area contributed by atoms with Crippen molar-refractivity contribution in [1.82, 2.24) is 0 Å². The Bertz CT molecular complexity index is 448. The molecule has 0 fully saturated rings. The summed E-state index contributed by atoms with van der Waals surface area (Å²) in [7, 11) is 1.04. The lowest BCUT2D eigenvalue weighted by Gasteiger charge is -2.26. The van der Waals surface area contributed by atoms with Crippen LogP contribution in [0.1, 0.15) is 11.6 Å². The molecule has 0 saturated heterocycles. The van der Waals surface area contributed by atoms with Crippen molar-refractivity contribution in [1.29, 1.82) is 0 Å². The highest BCUT2D eigenvalue weighted by atomic mass is 19.4. The summed E-state index contributed by atoms with van der Waals surface area (Å²) in [6.07, 6.45) is -6.02. The normalized spacial score (nSPS) is 14.4. The Morgan fingerprint density at radius 2 is 1.47 bits per heavy atom. The van der Waals surface area contributed by atoms with Gasteiger partial charge in [-0.15, -0.1) is 0 Å². The Morgan fingerprint density at radius 3 is 1.79 bits per heavy atom. The van der Waals surface area contributed by atoms with Gasteiger partial charge in [-0.3, -0.25) is 0 Å². The molecule has 0 aliphatic rings. The first-order valence-electron chi connectivity index (χ1n) is 4.75. The third-order valence-corrected chi connectivity index (χ3v) is 2.37. The molecule has 2 N–H and O–H groups in total. The zero-order chi connectivity index (χ0) is 15.0. The number of rotatable bonds is 3. The van der Waals surface area contributed by atoms with Crippen LogP contribution in [0, 0.1) is 11.6 Å². The van der Waals surface area contributed by atoms with Gasteiger partial charge >= 0.3 is 12.1 Å². The lowest BCUT2D eigenvalue weighted by molar-refractivity contribution is -0.291. The van der Waals surface area contributed by atoms with Crippen molar-refractivity contribution >= 4 is 0 Å². The van der Waals surface area contributed by atoms with Gasteiger partial charge in [0.15, 0.2) is 0 Å². The zero-order valence-corrected chi connectivity index (χ0v) is 9.36. The maximum absolute atomic E-state index is 13.4. The molecule has 108 valence electrons. The molecule has 0 aromatic heterocycles. The van der Waals surface area contributed by atoms with E-state index in [-0.39, 0.29) is 5.75 Å². The van der Waals surface area contributed by atoms with E-state index in [1.165, 1.54) is 0 Å². The van der Waals surface area contributed by atoms with Crippen LogP contribution in [0.5, 0.6) is 5.75 Å². The minimum absolute atomic E-state index is 0.374. The number of ether oxygens (including phenoxy) is 1. The van der Waals surface area contributed by atoms with Crippen LogP contribution < -0.4 is 10.5 Å². The molecule has 9 heteroatoms. The van der Waals surface area contributed by atoms with E-state index in [1.807, 2.05) is 0 Å². The van der Waals surface area contributed by atoms with E-state index in [9.17, 15) is 30.7 Å². The number of methoxy groups -OCH3 is 1. The number of benzene rings is 1. The van der Waals surface area contributed by atoms with Crippen molar-refractivity contribution in [2.45, 2.75) is 18.1 Å². The van der Waals surface area contributed by atoms with Gasteiger partial charge in [0.25, 0.3) is 0 Å². The lowest BCUT2D eigenvalue weighted by Crippen LogP contribution is -2.46. The minimum Gasteiger partial charge on any atom is -0.497 e. The Labute approximate surface area is 103 Å². The highest BCUT2D eigenvalue weighted by Crippen LogP contribution is 2.44. The largest absolute Gasteiger partial charge is 0.497 e. The predicted octanol–water partition coefficient (Wildman–Crippen LogP) is 3.17. The summed E-state index contributed by atoms with van der Waals surface area (Å²) in [6.45, 7) is 0. The van der Waals surface area contributed by atoms with Gasteiger partial charge < -0.3 is 10.5 Å². The summed E-state index contributed by atoms with van der Waals surface area (Å²) in [5, 5.41) is 0. The van der Waals surface area contributed by atoms with Gasteiger partial charge in [-0.2, -0.15) is 22.0 Å². The maximum atomic E-state index is 13.4. The molecular weight excluding hydrogens is 283 g/mol. The number of nitrogens with two attached hydrogens (primary N) is 1. The number of hydrogen-bond donors (Lipinski definition) is 1. The summed E-state index contributed by atoms with van der Waals surface area (Å²) >= 11 is 0. The van der Waals surface area contributed by atoms with Gasteiger partial charge in [-0.25, -0.2) is 8.78 Å². The average molecular weight is 291 g/mol.